The van der Waals surface area contributed by atoms with Crippen LogP contribution in [0.5, 0.6) is 0 Å². The van der Waals surface area contributed by atoms with Gasteiger partial charge in [-0.1, -0.05) is 20.8 Å². The average Bonchev–Trinajstić information content (AvgIpc) is 2.28. The third-order valence-electron chi connectivity index (χ3n) is 3.21. The van der Waals surface area contributed by atoms with Crippen LogP contribution >= 0.6 is 0 Å². The predicted molar refractivity (Wildman–Crippen MR) is 61.6 cm³/mol. The summed E-state index contributed by atoms with van der Waals surface area (Å²) in [5.41, 5.74) is 5.33. The van der Waals surface area contributed by atoms with Gasteiger partial charge in [-0.25, -0.2) is 0 Å². The molecule has 0 heterocycles. The van der Waals surface area contributed by atoms with Gasteiger partial charge in [0.05, 0.1) is 0 Å². The highest BCUT2D eigenvalue weighted by molar-refractivity contribution is 5.81. The third-order valence-corrected chi connectivity index (χ3v) is 3.21. The molecular formula is C11H24N2O2. The number of amides is 1. The van der Waals surface area contributed by atoms with E-state index in [-0.39, 0.29) is 18.0 Å². The van der Waals surface area contributed by atoms with E-state index in [1.165, 1.54) is 7.11 Å². The van der Waals surface area contributed by atoms with Gasteiger partial charge in [0.1, 0.15) is 6.10 Å². The Kier molecular flexibility index (Phi) is 6.52. The maximum absolute atomic E-state index is 11.8. The molecule has 1 atom stereocenters. The Balaban J connectivity index is 4.46. The molecule has 0 aliphatic carbocycles. The number of carbonyl (C=O) groups is 1. The smallest absolute Gasteiger partial charge is 0.250 e. The second-order valence-electron chi connectivity index (χ2n) is 3.79. The predicted octanol–water partition coefficient (Wildman–Crippen LogP) is 1.05. The Morgan fingerprint density at radius 2 is 1.80 bits per heavy atom. The fourth-order valence-electron chi connectivity index (χ4n) is 1.67. The second kappa shape index (κ2) is 6.80. The minimum atomic E-state index is -0.533. The summed E-state index contributed by atoms with van der Waals surface area (Å²) in [6.07, 6.45) is 2.24. The van der Waals surface area contributed by atoms with Crippen molar-refractivity contribution < 1.29 is 9.53 Å². The summed E-state index contributed by atoms with van der Waals surface area (Å²) in [6.45, 7) is 6.46. The van der Waals surface area contributed by atoms with Gasteiger partial charge in [-0.3, -0.25) is 4.79 Å². The van der Waals surface area contributed by atoms with Crippen molar-refractivity contribution in [1.29, 1.82) is 0 Å². The molecule has 4 nitrogen and oxygen atoms in total. The van der Waals surface area contributed by atoms with Crippen molar-refractivity contribution >= 4 is 5.91 Å². The molecule has 0 spiro atoms. The summed E-state index contributed by atoms with van der Waals surface area (Å²) in [6, 6.07) is 0. The maximum atomic E-state index is 11.8. The summed E-state index contributed by atoms with van der Waals surface area (Å²) in [7, 11) is 1.50. The van der Waals surface area contributed by atoms with Gasteiger partial charge in [-0.05, 0) is 19.3 Å². The van der Waals surface area contributed by atoms with Gasteiger partial charge in [0.25, 0.3) is 5.91 Å². The molecule has 0 rings (SSSR count). The first-order valence-corrected chi connectivity index (χ1v) is 5.64. The molecule has 15 heavy (non-hydrogen) atoms. The lowest BCUT2D eigenvalue weighted by molar-refractivity contribution is -0.132. The van der Waals surface area contributed by atoms with Crippen molar-refractivity contribution in [2.75, 3.05) is 13.7 Å². The van der Waals surface area contributed by atoms with Crippen LogP contribution in [0.2, 0.25) is 0 Å². The molecule has 1 amide bonds. The lowest BCUT2D eigenvalue weighted by Crippen LogP contribution is -2.52. The fourth-order valence-corrected chi connectivity index (χ4v) is 1.67. The van der Waals surface area contributed by atoms with E-state index in [2.05, 4.69) is 26.1 Å². The van der Waals surface area contributed by atoms with Crippen molar-refractivity contribution in [3.8, 4) is 0 Å². The van der Waals surface area contributed by atoms with E-state index in [0.717, 1.165) is 19.3 Å². The van der Waals surface area contributed by atoms with E-state index in [1.807, 2.05) is 0 Å². The topological polar surface area (TPSA) is 64.4 Å². The number of nitrogens with one attached hydrogen (secondary N) is 1. The molecule has 0 aliphatic rings. The highest BCUT2D eigenvalue weighted by atomic mass is 16.5. The maximum Gasteiger partial charge on any atom is 0.250 e. The number of carbonyl (C=O) groups excluding carboxylic acids is 1. The highest BCUT2D eigenvalue weighted by Gasteiger charge is 2.28. The normalized spacial score (nSPS) is 13.7. The Bertz CT molecular complexity index is 179. The summed E-state index contributed by atoms with van der Waals surface area (Å²) in [4.78, 5) is 11.8. The van der Waals surface area contributed by atoms with E-state index >= 15 is 0 Å². The zero-order valence-corrected chi connectivity index (χ0v) is 10.3. The standard InChI is InChI=1S/C11H24N2O2/c1-5-11(6-2,7-3)13-10(14)9(8-12)15-4/h9H,5-8,12H2,1-4H3,(H,13,14). The molecule has 0 aromatic carbocycles. The first kappa shape index (κ1) is 14.4. The molecule has 0 radical (unpaired) electrons. The molecular weight excluding hydrogens is 192 g/mol. The van der Waals surface area contributed by atoms with Crippen molar-refractivity contribution in [2.24, 2.45) is 5.73 Å². The number of hydrogen-bond donors (Lipinski definition) is 2. The molecule has 0 aromatic heterocycles. The van der Waals surface area contributed by atoms with Crippen LogP contribution in [0.1, 0.15) is 40.0 Å². The van der Waals surface area contributed by atoms with E-state index in [9.17, 15) is 4.79 Å². The van der Waals surface area contributed by atoms with E-state index in [0.29, 0.717) is 0 Å². The van der Waals surface area contributed by atoms with Crippen LogP contribution in [0.25, 0.3) is 0 Å². The van der Waals surface area contributed by atoms with Gasteiger partial charge in [0.2, 0.25) is 0 Å². The molecule has 0 aliphatic heterocycles. The molecule has 0 bridgehead atoms. The number of hydrogen-bond acceptors (Lipinski definition) is 3. The van der Waals surface area contributed by atoms with Gasteiger partial charge in [0, 0.05) is 19.2 Å². The van der Waals surface area contributed by atoms with Gasteiger partial charge in [-0.15, -0.1) is 0 Å². The van der Waals surface area contributed by atoms with Crippen LogP contribution in [-0.2, 0) is 9.53 Å². The molecule has 3 N–H and O–H groups in total. The van der Waals surface area contributed by atoms with E-state index < -0.39 is 6.10 Å². The molecule has 4 heteroatoms. The van der Waals surface area contributed by atoms with E-state index in [4.69, 9.17) is 10.5 Å². The number of rotatable bonds is 7. The van der Waals surface area contributed by atoms with Gasteiger partial charge in [-0.2, -0.15) is 0 Å². The largest absolute Gasteiger partial charge is 0.370 e. The fraction of sp³-hybridized carbons (Fsp3) is 0.909. The van der Waals surface area contributed by atoms with Crippen LogP contribution in [-0.4, -0.2) is 31.2 Å². The molecule has 1 unspecified atom stereocenters. The van der Waals surface area contributed by atoms with Crippen molar-refractivity contribution in [3.05, 3.63) is 0 Å². The van der Waals surface area contributed by atoms with Crippen LogP contribution < -0.4 is 11.1 Å². The van der Waals surface area contributed by atoms with Crippen LogP contribution in [0.15, 0.2) is 0 Å². The van der Waals surface area contributed by atoms with Gasteiger partial charge < -0.3 is 15.8 Å². The quantitative estimate of drug-likeness (QED) is 0.668. The number of methoxy groups -OCH3 is 1. The number of ether oxygens (including phenoxy) is 1. The zero-order valence-electron chi connectivity index (χ0n) is 10.3. The third kappa shape index (κ3) is 3.80. The Hall–Kier alpha value is -0.610. The summed E-state index contributed by atoms with van der Waals surface area (Å²) >= 11 is 0. The molecule has 0 fully saturated rings. The minimum Gasteiger partial charge on any atom is -0.370 e. The highest BCUT2D eigenvalue weighted by Crippen LogP contribution is 2.19. The van der Waals surface area contributed by atoms with Crippen LogP contribution in [0, 0.1) is 0 Å². The van der Waals surface area contributed by atoms with Crippen molar-refractivity contribution in [2.45, 2.75) is 51.7 Å². The summed E-state index contributed by atoms with van der Waals surface area (Å²) in [5, 5.41) is 3.04. The first-order chi connectivity index (χ1) is 7.09. The average molecular weight is 216 g/mol. The minimum absolute atomic E-state index is 0.106. The van der Waals surface area contributed by atoms with Crippen LogP contribution in [0.3, 0.4) is 0 Å². The second-order valence-corrected chi connectivity index (χ2v) is 3.79. The van der Waals surface area contributed by atoms with Crippen LogP contribution in [0.4, 0.5) is 0 Å². The lowest BCUT2D eigenvalue weighted by Gasteiger charge is -2.33. The Morgan fingerprint density at radius 1 is 1.33 bits per heavy atom. The SMILES string of the molecule is CCC(CC)(CC)NC(=O)C(CN)OC. The summed E-state index contributed by atoms with van der Waals surface area (Å²) < 4.78 is 5.00. The van der Waals surface area contributed by atoms with Crippen molar-refractivity contribution in [1.82, 2.24) is 5.32 Å². The number of nitrogens with two attached hydrogens (primary N) is 1. The van der Waals surface area contributed by atoms with Gasteiger partial charge in [0.15, 0.2) is 0 Å². The van der Waals surface area contributed by atoms with E-state index in [1.54, 1.807) is 0 Å². The Labute approximate surface area is 92.6 Å². The first-order valence-electron chi connectivity index (χ1n) is 5.64. The molecule has 90 valence electrons. The van der Waals surface area contributed by atoms with Crippen molar-refractivity contribution in [3.63, 3.8) is 0 Å². The molecule has 0 aromatic rings. The van der Waals surface area contributed by atoms with Gasteiger partial charge >= 0.3 is 0 Å². The lowest BCUT2D eigenvalue weighted by atomic mass is 9.89. The monoisotopic (exact) mass is 216 g/mol. The summed E-state index contributed by atoms with van der Waals surface area (Å²) in [5.74, 6) is -0.106. The Morgan fingerprint density at radius 3 is 2.07 bits per heavy atom. The zero-order chi connectivity index (χ0) is 11.9. The molecule has 0 saturated heterocycles. The molecule has 0 saturated carbocycles.